The largest absolute Gasteiger partial charge is 0.478 e. The van der Waals surface area contributed by atoms with Crippen molar-refractivity contribution in [2.75, 3.05) is 0 Å². The van der Waals surface area contributed by atoms with E-state index in [2.05, 4.69) is 5.32 Å². The zero-order chi connectivity index (χ0) is 11.0. The first-order chi connectivity index (χ1) is 6.26. The van der Waals surface area contributed by atoms with Crippen molar-refractivity contribution < 1.29 is 23.1 Å². The van der Waals surface area contributed by atoms with Gasteiger partial charge < -0.3 is 10.4 Å². The fourth-order valence-electron chi connectivity index (χ4n) is 1.00. The number of aliphatic carboxylic acids is 1. The Balaban J connectivity index is 3.06. The van der Waals surface area contributed by atoms with Crippen LogP contribution in [0, 0.1) is 0 Å². The van der Waals surface area contributed by atoms with E-state index < -0.39 is 17.7 Å². The second-order valence-electron chi connectivity index (χ2n) is 3.08. The van der Waals surface area contributed by atoms with Crippen LogP contribution in [0.25, 0.3) is 0 Å². The zero-order valence-corrected chi connectivity index (χ0v) is 7.22. The third kappa shape index (κ3) is 1.73. The van der Waals surface area contributed by atoms with Crippen LogP contribution in [0.2, 0.25) is 0 Å². The van der Waals surface area contributed by atoms with Gasteiger partial charge in [-0.3, -0.25) is 0 Å². The van der Waals surface area contributed by atoms with Gasteiger partial charge in [0.2, 0.25) is 0 Å². The van der Waals surface area contributed by atoms with Crippen LogP contribution in [0.15, 0.2) is 23.9 Å². The van der Waals surface area contributed by atoms with Gasteiger partial charge in [0.1, 0.15) is 0 Å². The van der Waals surface area contributed by atoms with E-state index in [1.54, 1.807) is 0 Å². The van der Waals surface area contributed by atoms with Crippen LogP contribution in [0.3, 0.4) is 0 Å². The van der Waals surface area contributed by atoms with E-state index >= 15 is 0 Å². The summed E-state index contributed by atoms with van der Waals surface area (Å²) < 4.78 is 37.3. The van der Waals surface area contributed by atoms with Gasteiger partial charge in [0.25, 0.3) is 0 Å². The summed E-state index contributed by atoms with van der Waals surface area (Å²) in [6.45, 7) is 0.874. The summed E-state index contributed by atoms with van der Waals surface area (Å²) in [6, 6.07) is 0. The molecule has 1 aliphatic heterocycles. The number of carbonyl (C=O) groups is 1. The molecule has 0 aliphatic carbocycles. The van der Waals surface area contributed by atoms with E-state index in [9.17, 15) is 18.0 Å². The number of carboxylic acids is 1. The highest BCUT2D eigenvalue weighted by atomic mass is 19.4. The molecule has 78 valence electrons. The van der Waals surface area contributed by atoms with Gasteiger partial charge in [-0.25, -0.2) is 4.79 Å². The van der Waals surface area contributed by atoms with Crippen molar-refractivity contribution in [3.8, 4) is 0 Å². The van der Waals surface area contributed by atoms with Crippen LogP contribution in [-0.4, -0.2) is 22.8 Å². The molecule has 0 spiro atoms. The van der Waals surface area contributed by atoms with Crippen molar-refractivity contribution in [2.45, 2.75) is 18.6 Å². The molecule has 1 rings (SSSR count). The minimum absolute atomic E-state index is 0.372. The molecule has 1 atom stereocenters. The lowest BCUT2D eigenvalue weighted by atomic mass is 9.95. The minimum Gasteiger partial charge on any atom is -0.478 e. The molecule has 1 heterocycles. The van der Waals surface area contributed by atoms with Crippen molar-refractivity contribution in [1.29, 1.82) is 0 Å². The summed E-state index contributed by atoms with van der Waals surface area (Å²) in [5.41, 5.74) is -2.68. The lowest BCUT2D eigenvalue weighted by Crippen LogP contribution is -2.52. The van der Waals surface area contributed by atoms with Gasteiger partial charge in [-0.2, -0.15) is 13.2 Å². The van der Waals surface area contributed by atoms with Gasteiger partial charge in [-0.1, -0.05) is 0 Å². The van der Waals surface area contributed by atoms with Crippen LogP contribution in [-0.2, 0) is 4.79 Å². The number of nitrogens with one attached hydrogen (secondary N) is 1. The van der Waals surface area contributed by atoms with Crippen molar-refractivity contribution in [1.82, 2.24) is 5.32 Å². The Morgan fingerprint density at radius 2 is 2.14 bits per heavy atom. The van der Waals surface area contributed by atoms with Gasteiger partial charge in [0.05, 0.1) is 5.57 Å². The maximum atomic E-state index is 12.4. The van der Waals surface area contributed by atoms with Crippen LogP contribution < -0.4 is 5.32 Å². The highest BCUT2D eigenvalue weighted by Gasteiger charge is 2.50. The predicted molar refractivity (Wildman–Crippen MR) is 42.5 cm³/mol. The topological polar surface area (TPSA) is 49.3 Å². The number of hydrogen-bond acceptors (Lipinski definition) is 2. The third-order valence-corrected chi connectivity index (χ3v) is 1.93. The minimum atomic E-state index is -4.53. The van der Waals surface area contributed by atoms with E-state index in [0.29, 0.717) is 6.08 Å². The third-order valence-electron chi connectivity index (χ3n) is 1.93. The molecule has 14 heavy (non-hydrogen) atoms. The number of alkyl halides is 3. The summed E-state index contributed by atoms with van der Waals surface area (Å²) in [5, 5.41) is 10.6. The summed E-state index contributed by atoms with van der Waals surface area (Å²) in [7, 11) is 0. The molecule has 0 aromatic rings. The monoisotopic (exact) mass is 207 g/mol. The number of rotatable bonds is 1. The fraction of sp³-hybridized carbons (Fsp3) is 0.375. The second-order valence-corrected chi connectivity index (χ2v) is 3.08. The van der Waals surface area contributed by atoms with E-state index in [4.69, 9.17) is 5.11 Å². The van der Waals surface area contributed by atoms with Crippen LogP contribution in [0.5, 0.6) is 0 Å². The van der Waals surface area contributed by atoms with Crippen LogP contribution >= 0.6 is 0 Å². The number of carboxylic acid groups (broad SMARTS) is 1. The second kappa shape index (κ2) is 3.04. The molecule has 0 bridgehead atoms. The first kappa shape index (κ1) is 10.6. The van der Waals surface area contributed by atoms with Crippen molar-refractivity contribution in [3.63, 3.8) is 0 Å². The fourth-order valence-corrected chi connectivity index (χ4v) is 1.00. The van der Waals surface area contributed by atoms with Gasteiger partial charge in [-0.15, -0.1) is 0 Å². The van der Waals surface area contributed by atoms with Gasteiger partial charge in [-0.05, 0) is 25.3 Å². The molecule has 1 unspecified atom stereocenters. The maximum absolute atomic E-state index is 12.4. The lowest BCUT2D eigenvalue weighted by Gasteiger charge is -2.31. The Kier molecular flexibility index (Phi) is 2.31. The lowest BCUT2D eigenvalue weighted by molar-refractivity contribution is -0.174. The zero-order valence-electron chi connectivity index (χ0n) is 7.22. The average molecular weight is 207 g/mol. The molecule has 0 aromatic carbocycles. The molecular weight excluding hydrogens is 199 g/mol. The SMILES string of the molecule is CC1(C(F)(F)F)C=C(C(=O)O)C=CN1. The smallest absolute Gasteiger partial charge is 0.414 e. The molecule has 0 saturated carbocycles. The van der Waals surface area contributed by atoms with E-state index in [0.717, 1.165) is 19.2 Å². The molecule has 1 aliphatic rings. The molecule has 6 heteroatoms. The van der Waals surface area contributed by atoms with Crippen LogP contribution in [0.1, 0.15) is 6.92 Å². The average Bonchev–Trinajstić information content (AvgIpc) is 2.02. The number of hydrogen-bond donors (Lipinski definition) is 2. The standard InChI is InChI=1S/C8H8F3NO2/c1-7(8(9,10)11)4-5(6(13)14)2-3-12-7/h2-4,12H,1H3,(H,13,14). The Bertz CT molecular complexity index is 319. The Morgan fingerprint density at radius 3 is 2.57 bits per heavy atom. The van der Waals surface area contributed by atoms with Gasteiger partial charge >= 0.3 is 12.1 Å². The van der Waals surface area contributed by atoms with Gasteiger partial charge in [0.15, 0.2) is 5.54 Å². The highest BCUT2D eigenvalue weighted by Crippen LogP contribution is 2.33. The van der Waals surface area contributed by atoms with Crippen molar-refractivity contribution >= 4 is 5.97 Å². The summed E-state index contributed by atoms with van der Waals surface area (Å²) >= 11 is 0. The van der Waals surface area contributed by atoms with E-state index in [-0.39, 0.29) is 5.57 Å². The quantitative estimate of drug-likeness (QED) is 0.683. The molecule has 0 radical (unpaired) electrons. The highest BCUT2D eigenvalue weighted by molar-refractivity contribution is 5.90. The molecule has 0 aromatic heterocycles. The summed E-state index contributed by atoms with van der Waals surface area (Å²) in [4.78, 5) is 10.5. The molecule has 2 N–H and O–H groups in total. The first-order valence-electron chi connectivity index (χ1n) is 3.73. The number of dihydropyridines is 1. The molecule has 0 fully saturated rings. The molecule has 3 nitrogen and oxygen atoms in total. The Hall–Kier alpha value is -1.46. The predicted octanol–water partition coefficient (Wildman–Crippen LogP) is 1.44. The first-order valence-corrected chi connectivity index (χ1v) is 3.73. The van der Waals surface area contributed by atoms with Crippen molar-refractivity contribution in [3.05, 3.63) is 23.9 Å². The number of halogens is 3. The van der Waals surface area contributed by atoms with Crippen LogP contribution in [0.4, 0.5) is 13.2 Å². The summed E-state index contributed by atoms with van der Waals surface area (Å²) in [5.74, 6) is -1.38. The van der Waals surface area contributed by atoms with E-state index in [1.807, 2.05) is 0 Å². The summed E-state index contributed by atoms with van der Waals surface area (Å²) in [6.07, 6.45) is -1.82. The normalized spacial score (nSPS) is 26.7. The van der Waals surface area contributed by atoms with Crippen molar-refractivity contribution in [2.24, 2.45) is 0 Å². The van der Waals surface area contributed by atoms with E-state index in [1.165, 1.54) is 0 Å². The Morgan fingerprint density at radius 1 is 1.57 bits per heavy atom. The Labute approximate surface area is 77.9 Å². The molecular formula is C8H8F3NO2. The maximum Gasteiger partial charge on any atom is 0.414 e. The molecule has 0 saturated heterocycles. The molecule has 0 amide bonds. The van der Waals surface area contributed by atoms with Gasteiger partial charge in [0, 0.05) is 0 Å².